The van der Waals surface area contributed by atoms with Crippen LogP contribution in [0.2, 0.25) is 0 Å². The molecule has 0 spiro atoms. The Hall–Kier alpha value is -4.60. The van der Waals surface area contributed by atoms with E-state index in [1.54, 1.807) is 30.5 Å². The van der Waals surface area contributed by atoms with Crippen LogP contribution in [0.5, 0.6) is 0 Å². The van der Waals surface area contributed by atoms with Gasteiger partial charge in [0.25, 0.3) is 0 Å². The molecule has 3 heterocycles. The monoisotopic (exact) mass is 485 g/mol. The minimum absolute atomic E-state index is 0.0363. The Balaban J connectivity index is 1.37. The molecule has 36 heavy (non-hydrogen) atoms. The van der Waals surface area contributed by atoms with Gasteiger partial charge in [-0.2, -0.15) is 4.98 Å². The summed E-state index contributed by atoms with van der Waals surface area (Å²) < 4.78 is 20.1. The van der Waals surface area contributed by atoms with Gasteiger partial charge in [-0.3, -0.25) is 4.79 Å². The molecule has 2 aromatic carbocycles. The van der Waals surface area contributed by atoms with Gasteiger partial charge < -0.3 is 20.6 Å². The fraction of sp³-hybridized carbons (Fsp3) is 0.192. The first-order valence-electron chi connectivity index (χ1n) is 11.3. The summed E-state index contributed by atoms with van der Waals surface area (Å²) in [5, 5.41) is 6.46. The summed E-state index contributed by atoms with van der Waals surface area (Å²) in [6.07, 6.45) is 1.62. The van der Waals surface area contributed by atoms with E-state index in [1.807, 2.05) is 39.0 Å². The van der Waals surface area contributed by atoms with E-state index in [2.05, 4.69) is 30.4 Å². The third-order valence-corrected chi connectivity index (χ3v) is 5.70. The van der Waals surface area contributed by atoms with Crippen molar-refractivity contribution >= 4 is 22.8 Å². The minimum atomic E-state index is -0.567. The number of carbonyl (C=O) groups excluding carboxylic acids is 1. The molecule has 9 nitrogen and oxygen atoms in total. The minimum Gasteiger partial charge on any atom is -0.398 e. The second-order valence-corrected chi connectivity index (χ2v) is 9.39. The van der Waals surface area contributed by atoms with E-state index in [9.17, 15) is 4.79 Å². The molecule has 0 radical (unpaired) electrons. The molecule has 0 aliphatic carbocycles. The third-order valence-electron chi connectivity index (χ3n) is 5.70. The summed E-state index contributed by atoms with van der Waals surface area (Å²) in [5.41, 5.74) is 9.94. The summed E-state index contributed by atoms with van der Waals surface area (Å²) in [5.74, 6) is -0.194. The highest BCUT2D eigenvalue weighted by Crippen LogP contribution is 2.31. The second-order valence-electron chi connectivity index (χ2n) is 9.39. The molecule has 0 aliphatic rings. The fourth-order valence-corrected chi connectivity index (χ4v) is 3.72. The van der Waals surface area contributed by atoms with Crippen molar-refractivity contribution in [2.45, 2.75) is 32.7 Å². The number of carbonyl (C=O) groups is 1. The quantitative estimate of drug-likeness (QED) is 0.309. The zero-order chi connectivity index (χ0) is 25.4. The smallest absolute Gasteiger partial charge is 0.315 e. The molecule has 10 heteroatoms. The summed E-state index contributed by atoms with van der Waals surface area (Å²) in [7, 11) is 0. The van der Waals surface area contributed by atoms with Crippen LogP contribution in [-0.2, 0) is 12.0 Å². The van der Waals surface area contributed by atoms with Crippen LogP contribution in [0.25, 0.3) is 33.7 Å². The van der Waals surface area contributed by atoms with E-state index in [1.165, 1.54) is 6.07 Å². The standard InChI is InChI=1S/C26H24FN7O2/c1-26(2,3)25-33-24(36-34-25)23(35)30-13-15-9-8-14(12-18(15)27)16-10-11-29-22-20(16)31-21(32-22)17-6-4-5-7-19(17)28/h4-12H,13,28H2,1-3H3,(H,30,35)(H,29,31,32). The van der Waals surface area contributed by atoms with Crippen molar-refractivity contribution in [1.29, 1.82) is 0 Å². The average molecular weight is 486 g/mol. The number of hydrogen-bond donors (Lipinski definition) is 3. The van der Waals surface area contributed by atoms with Gasteiger partial charge in [0, 0.05) is 40.5 Å². The van der Waals surface area contributed by atoms with Crippen LogP contribution in [0.3, 0.4) is 0 Å². The number of fused-ring (bicyclic) bond motifs is 1. The first-order valence-corrected chi connectivity index (χ1v) is 11.3. The van der Waals surface area contributed by atoms with Gasteiger partial charge in [-0.25, -0.2) is 14.4 Å². The summed E-state index contributed by atoms with van der Waals surface area (Å²) >= 11 is 0. The number of aromatic nitrogens is 5. The van der Waals surface area contributed by atoms with Gasteiger partial charge in [0.1, 0.15) is 11.6 Å². The molecular weight excluding hydrogens is 461 g/mol. The lowest BCUT2D eigenvalue weighted by Gasteiger charge is -2.10. The van der Waals surface area contributed by atoms with Gasteiger partial charge >= 0.3 is 11.8 Å². The molecule has 5 rings (SSSR count). The van der Waals surface area contributed by atoms with Gasteiger partial charge in [0.05, 0.1) is 5.52 Å². The molecule has 0 atom stereocenters. The number of pyridine rings is 1. The van der Waals surface area contributed by atoms with E-state index in [-0.39, 0.29) is 17.9 Å². The van der Waals surface area contributed by atoms with E-state index in [0.29, 0.717) is 39.6 Å². The van der Waals surface area contributed by atoms with Crippen molar-refractivity contribution < 1.29 is 13.7 Å². The molecule has 0 fully saturated rings. The van der Waals surface area contributed by atoms with Gasteiger partial charge in [-0.15, -0.1) is 0 Å². The van der Waals surface area contributed by atoms with Crippen LogP contribution < -0.4 is 11.1 Å². The topological polar surface area (TPSA) is 136 Å². The Morgan fingerprint density at radius 1 is 1.11 bits per heavy atom. The number of nitrogen functional groups attached to an aromatic ring is 1. The van der Waals surface area contributed by atoms with Crippen LogP contribution in [0.15, 0.2) is 59.3 Å². The molecule has 0 aliphatic heterocycles. The highest BCUT2D eigenvalue weighted by molar-refractivity contribution is 5.92. The van der Waals surface area contributed by atoms with E-state index >= 15 is 4.39 Å². The summed E-state index contributed by atoms with van der Waals surface area (Å²) in [6.45, 7) is 5.70. The lowest BCUT2D eigenvalue weighted by Crippen LogP contribution is -2.24. The number of rotatable bonds is 5. The molecule has 0 bridgehead atoms. The zero-order valence-electron chi connectivity index (χ0n) is 20.0. The molecular formula is C26H24FN7O2. The summed E-state index contributed by atoms with van der Waals surface area (Å²) in [6, 6.07) is 14.0. The molecule has 0 unspecified atom stereocenters. The van der Waals surface area contributed by atoms with Crippen molar-refractivity contribution in [1.82, 2.24) is 30.4 Å². The fourth-order valence-electron chi connectivity index (χ4n) is 3.72. The summed E-state index contributed by atoms with van der Waals surface area (Å²) in [4.78, 5) is 28.7. The predicted molar refractivity (Wildman–Crippen MR) is 133 cm³/mol. The number of benzene rings is 2. The molecule has 4 N–H and O–H groups in total. The van der Waals surface area contributed by atoms with Crippen molar-refractivity contribution in [3.63, 3.8) is 0 Å². The third kappa shape index (κ3) is 4.40. The van der Waals surface area contributed by atoms with Crippen molar-refractivity contribution in [2.24, 2.45) is 0 Å². The maximum Gasteiger partial charge on any atom is 0.315 e. The number of aromatic amines is 1. The number of hydrogen-bond acceptors (Lipinski definition) is 7. The Labute approximate surface area is 206 Å². The van der Waals surface area contributed by atoms with Gasteiger partial charge in [0.2, 0.25) is 0 Å². The van der Waals surface area contributed by atoms with E-state index in [0.717, 1.165) is 11.1 Å². The predicted octanol–water partition coefficient (Wildman–Crippen LogP) is 4.62. The number of amides is 1. The van der Waals surface area contributed by atoms with E-state index in [4.69, 9.17) is 10.3 Å². The van der Waals surface area contributed by atoms with Crippen LogP contribution in [0, 0.1) is 5.82 Å². The first-order chi connectivity index (χ1) is 17.2. The van der Waals surface area contributed by atoms with Crippen LogP contribution in [0.1, 0.15) is 42.8 Å². The lowest BCUT2D eigenvalue weighted by molar-refractivity contribution is 0.0906. The van der Waals surface area contributed by atoms with Gasteiger partial charge in [-0.05, 0) is 29.8 Å². The van der Waals surface area contributed by atoms with Crippen molar-refractivity contribution in [3.8, 4) is 22.5 Å². The van der Waals surface area contributed by atoms with E-state index < -0.39 is 11.7 Å². The molecule has 182 valence electrons. The number of imidazole rings is 1. The largest absolute Gasteiger partial charge is 0.398 e. The molecule has 1 amide bonds. The Morgan fingerprint density at radius 2 is 1.92 bits per heavy atom. The van der Waals surface area contributed by atoms with Crippen molar-refractivity contribution in [2.75, 3.05) is 5.73 Å². The Morgan fingerprint density at radius 3 is 2.64 bits per heavy atom. The molecule has 3 aromatic heterocycles. The van der Waals surface area contributed by atoms with Gasteiger partial charge in [0.15, 0.2) is 11.5 Å². The number of halogens is 1. The maximum atomic E-state index is 15.0. The van der Waals surface area contributed by atoms with Crippen molar-refractivity contribution in [3.05, 3.63) is 77.8 Å². The number of H-pyrrole nitrogens is 1. The number of para-hydroxylation sites is 1. The number of nitrogens with zero attached hydrogens (tertiary/aromatic N) is 4. The Kier molecular flexibility index (Phi) is 5.71. The first kappa shape index (κ1) is 23.2. The maximum absolute atomic E-state index is 15.0. The number of nitrogens with one attached hydrogen (secondary N) is 2. The lowest BCUT2D eigenvalue weighted by atomic mass is 9.96. The van der Waals surface area contributed by atoms with Crippen LogP contribution >= 0.6 is 0 Å². The van der Waals surface area contributed by atoms with Crippen LogP contribution in [-0.4, -0.2) is 31.0 Å². The number of anilines is 1. The highest BCUT2D eigenvalue weighted by atomic mass is 19.1. The molecule has 0 saturated heterocycles. The molecule has 0 saturated carbocycles. The normalized spacial score (nSPS) is 11.7. The van der Waals surface area contributed by atoms with Gasteiger partial charge in [-0.1, -0.05) is 50.2 Å². The number of nitrogens with two attached hydrogens (primary N) is 1. The zero-order valence-corrected chi connectivity index (χ0v) is 20.0. The average Bonchev–Trinajstić information content (AvgIpc) is 3.51. The SMILES string of the molecule is CC(C)(C)c1noc(C(=O)NCc2ccc(-c3ccnc4nc(-c5ccccc5N)[nH]c34)cc2F)n1. The van der Waals surface area contributed by atoms with Crippen LogP contribution in [0.4, 0.5) is 10.1 Å². The second kappa shape index (κ2) is 8.88. The Bertz CT molecular complexity index is 1580. The molecule has 5 aromatic rings. The highest BCUT2D eigenvalue weighted by Gasteiger charge is 2.24.